The van der Waals surface area contributed by atoms with E-state index in [4.69, 9.17) is 14.2 Å². The number of ether oxygens (including phenoxy) is 3. The van der Waals surface area contributed by atoms with E-state index in [1.54, 1.807) is 0 Å². The molecule has 1 aliphatic heterocycles. The van der Waals surface area contributed by atoms with Crippen molar-refractivity contribution in [3.8, 4) is 0 Å². The first-order valence-corrected chi connectivity index (χ1v) is 7.33. The molecule has 1 rings (SSSR count). The number of carbonyl (C=O) groups excluding carboxylic acids is 2. The first-order chi connectivity index (χ1) is 9.69. The van der Waals surface area contributed by atoms with Crippen molar-refractivity contribution in [3.63, 3.8) is 0 Å². The smallest absolute Gasteiger partial charge is 0.323 e. The number of hydrogen-bond acceptors (Lipinski definition) is 6. The third kappa shape index (κ3) is 7.64. The Morgan fingerprint density at radius 2 is 1.67 bits per heavy atom. The minimum Gasteiger partial charge on any atom is -1.00 e. The summed E-state index contributed by atoms with van der Waals surface area (Å²) in [4.78, 5) is 25.8. The number of esters is 2. The van der Waals surface area contributed by atoms with Gasteiger partial charge in [0, 0.05) is 13.1 Å². The van der Waals surface area contributed by atoms with E-state index in [9.17, 15) is 9.59 Å². The van der Waals surface area contributed by atoms with Gasteiger partial charge < -0.3 is 26.6 Å². The zero-order chi connectivity index (χ0) is 14.8. The van der Waals surface area contributed by atoms with Crippen LogP contribution < -0.4 is 12.4 Å². The van der Waals surface area contributed by atoms with Gasteiger partial charge >= 0.3 is 11.9 Å². The number of nitrogens with zero attached hydrogens (tertiary/aromatic N) is 1. The van der Waals surface area contributed by atoms with Gasteiger partial charge in [0.25, 0.3) is 0 Å². The van der Waals surface area contributed by atoms with Crippen molar-refractivity contribution in [2.75, 3.05) is 39.5 Å². The molecule has 0 aromatic heterocycles. The summed E-state index contributed by atoms with van der Waals surface area (Å²) in [6, 6.07) is -0.560. The van der Waals surface area contributed by atoms with Crippen LogP contribution in [0.4, 0.5) is 0 Å². The largest absolute Gasteiger partial charge is 1.00 e. The molecule has 0 aliphatic carbocycles. The maximum atomic E-state index is 12.1. The summed E-state index contributed by atoms with van der Waals surface area (Å²) < 4.78 is 15.5. The van der Waals surface area contributed by atoms with Crippen LogP contribution in [0.25, 0.3) is 0 Å². The van der Waals surface area contributed by atoms with Crippen molar-refractivity contribution in [3.05, 3.63) is 0 Å². The topological polar surface area (TPSA) is 65.1 Å². The summed E-state index contributed by atoms with van der Waals surface area (Å²) in [5.74, 6) is -0.695. The zero-order valence-electron chi connectivity index (χ0n) is 12.8. The fourth-order valence-corrected chi connectivity index (χ4v) is 1.98. The Bertz CT molecular complexity index is 308. The molecule has 0 aromatic carbocycles. The van der Waals surface area contributed by atoms with E-state index >= 15 is 0 Å². The van der Waals surface area contributed by atoms with Crippen LogP contribution in [0.15, 0.2) is 0 Å². The highest BCUT2D eigenvalue weighted by molar-refractivity contribution is 5.82. The molecular weight excluding hydrogens is 298 g/mol. The SMILES string of the molecule is CCCOC(=O)CC(C(=O)OCCC)N1CCOCC1.[Cl-]. The zero-order valence-corrected chi connectivity index (χ0v) is 13.6. The molecule has 0 saturated carbocycles. The number of rotatable bonds is 8. The number of halogens is 1. The van der Waals surface area contributed by atoms with Crippen LogP contribution in [0.3, 0.4) is 0 Å². The van der Waals surface area contributed by atoms with Gasteiger partial charge in [-0.1, -0.05) is 13.8 Å². The normalized spacial score (nSPS) is 16.7. The second kappa shape index (κ2) is 11.8. The highest BCUT2D eigenvalue weighted by Gasteiger charge is 2.31. The lowest BCUT2D eigenvalue weighted by Crippen LogP contribution is -3.00. The molecule has 1 heterocycles. The van der Waals surface area contributed by atoms with Crippen molar-refractivity contribution < 1.29 is 36.2 Å². The van der Waals surface area contributed by atoms with E-state index in [2.05, 4.69) is 0 Å². The molecule has 1 unspecified atom stereocenters. The third-order valence-corrected chi connectivity index (χ3v) is 3.03. The Balaban J connectivity index is 0.00000400. The molecule has 0 amide bonds. The fraction of sp³-hybridized carbons (Fsp3) is 0.857. The van der Waals surface area contributed by atoms with E-state index in [-0.39, 0.29) is 30.8 Å². The van der Waals surface area contributed by atoms with Gasteiger partial charge in [0.05, 0.1) is 32.8 Å². The second-order valence-corrected chi connectivity index (χ2v) is 4.76. The summed E-state index contributed by atoms with van der Waals surface area (Å²) in [6.45, 7) is 7.04. The molecule has 1 atom stereocenters. The Morgan fingerprint density at radius 3 is 2.24 bits per heavy atom. The van der Waals surface area contributed by atoms with E-state index < -0.39 is 6.04 Å². The fourth-order valence-electron chi connectivity index (χ4n) is 1.98. The predicted molar refractivity (Wildman–Crippen MR) is 73.3 cm³/mol. The van der Waals surface area contributed by atoms with Gasteiger partial charge in [-0.2, -0.15) is 0 Å². The van der Waals surface area contributed by atoms with Crippen molar-refractivity contribution in [2.24, 2.45) is 0 Å². The maximum absolute atomic E-state index is 12.1. The van der Waals surface area contributed by atoms with Crippen LogP contribution in [0, 0.1) is 0 Å². The molecule has 1 fully saturated rings. The number of carbonyl (C=O) groups is 2. The van der Waals surface area contributed by atoms with E-state index in [1.807, 2.05) is 18.7 Å². The summed E-state index contributed by atoms with van der Waals surface area (Å²) in [6.07, 6.45) is 1.58. The lowest BCUT2D eigenvalue weighted by molar-refractivity contribution is -0.158. The maximum Gasteiger partial charge on any atom is 0.323 e. The van der Waals surface area contributed by atoms with Crippen LogP contribution in [-0.2, 0) is 23.8 Å². The van der Waals surface area contributed by atoms with Crippen molar-refractivity contribution in [1.82, 2.24) is 4.90 Å². The second-order valence-electron chi connectivity index (χ2n) is 4.76. The molecular formula is C14H25ClNO5-. The number of hydrogen-bond donors (Lipinski definition) is 0. The van der Waals surface area contributed by atoms with Crippen LogP contribution in [0.1, 0.15) is 33.1 Å². The Morgan fingerprint density at radius 1 is 1.10 bits per heavy atom. The number of morpholine rings is 1. The molecule has 7 heteroatoms. The molecule has 124 valence electrons. The van der Waals surface area contributed by atoms with E-state index in [0.717, 1.165) is 12.8 Å². The minimum atomic E-state index is -0.560. The molecule has 0 N–H and O–H groups in total. The molecule has 0 bridgehead atoms. The van der Waals surface area contributed by atoms with Crippen molar-refractivity contribution in [2.45, 2.75) is 39.2 Å². The highest BCUT2D eigenvalue weighted by Crippen LogP contribution is 2.11. The van der Waals surface area contributed by atoms with Gasteiger partial charge in [-0.05, 0) is 12.8 Å². The molecule has 6 nitrogen and oxygen atoms in total. The van der Waals surface area contributed by atoms with Crippen LogP contribution in [-0.4, -0.2) is 62.4 Å². The minimum absolute atomic E-state index is 0. The van der Waals surface area contributed by atoms with Gasteiger partial charge in [-0.15, -0.1) is 0 Å². The van der Waals surface area contributed by atoms with Gasteiger partial charge in [-0.3, -0.25) is 14.5 Å². The van der Waals surface area contributed by atoms with Crippen LogP contribution in [0.5, 0.6) is 0 Å². The quantitative estimate of drug-likeness (QED) is 0.481. The summed E-state index contributed by atoms with van der Waals surface area (Å²) >= 11 is 0. The average molecular weight is 323 g/mol. The Hall–Kier alpha value is -0.850. The molecule has 21 heavy (non-hydrogen) atoms. The summed E-state index contributed by atoms with van der Waals surface area (Å²) in [5, 5.41) is 0. The monoisotopic (exact) mass is 322 g/mol. The average Bonchev–Trinajstić information content (AvgIpc) is 2.49. The molecule has 1 aliphatic rings. The summed E-state index contributed by atoms with van der Waals surface area (Å²) in [7, 11) is 0. The molecule has 1 saturated heterocycles. The van der Waals surface area contributed by atoms with Crippen LogP contribution in [0.2, 0.25) is 0 Å². The molecule has 0 aromatic rings. The Kier molecular flexibility index (Phi) is 11.3. The van der Waals surface area contributed by atoms with Gasteiger partial charge in [-0.25, -0.2) is 0 Å². The highest BCUT2D eigenvalue weighted by atomic mass is 35.5. The predicted octanol–water partition coefficient (Wildman–Crippen LogP) is -2.01. The van der Waals surface area contributed by atoms with E-state index in [0.29, 0.717) is 39.5 Å². The summed E-state index contributed by atoms with van der Waals surface area (Å²) in [5.41, 5.74) is 0. The Labute approximate surface area is 132 Å². The van der Waals surface area contributed by atoms with Gasteiger partial charge in [0.2, 0.25) is 0 Å². The lowest BCUT2D eigenvalue weighted by Gasteiger charge is -2.32. The van der Waals surface area contributed by atoms with Gasteiger partial charge in [0.15, 0.2) is 0 Å². The van der Waals surface area contributed by atoms with Gasteiger partial charge in [0.1, 0.15) is 6.04 Å². The standard InChI is InChI=1S/C14H25NO5.ClH/c1-3-7-19-13(16)11-12(14(17)20-8-4-2)15-5-9-18-10-6-15;/h12H,3-11H2,1-2H3;1H/p-1. The molecule has 0 radical (unpaired) electrons. The molecule has 0 spiro atoms. The first kappa shape index (κ1) is 20.1. The first-order valence-electron chi connectivity index (χ1n) is 7.33. The lowest BCUT2D eigenvalue weighted by atomic mass is 10.1. The van der Waals surface area contributed by atoms with Crippen molar-refractivity contribution in [1.29, 1.82) is 0 Å². The van der Waals surface area contributed by atoms with E-state index in [1.165, 1.54) is 0 Å². The van der Waals surface area contributed by atoms with Crippen molar-refractivity contribution >= 4 is 11.9 Å². The third-order valence-electron chi connectivity index (χ3n) is 3.03. The van der Waals surface area contributed by atoms with Crippen LogP contribution >= 0.6 is 0 Å².